The van der Waals surface area contributed by atoms with Crippen molar-refractivity contribution in [3.05, 3.63) is 30.0 Å². The first-order valence-corrected chi connectivity index (χ1v) is 5.86. The van der Waals surface area contributed by atoms with Crippen LogP contribution in [-0.4, -0.2) is 21.7 Å². The van der Waals surface area contributed by atoms with Crippen LogP contribution in [-0.2, 0) is 16.0 Å². The smallest absolute Gasteiger partial charge is 0.310 e. The highest BCUT2D eigenvalue weighted by Gasteiger charge is 2.17. The minimum absolute atomic E-state index is 0.202. The molecule has 0 spiro atoms. The van der Waals surface area contributed by atoms with Crippen LogP contribution in [0.5, 0.6) is 5.75 Å². The molecular weight excluding hydrogens is 230 g/mol. The summed E-state index contributed by atoms with van der Waals surface area (Å²) in [5, 5.41) is 10.3. The highest BCUT2D eigenvalue weighted by molar-refractivity contribution is 5.88. The molecule has 0 saturated carbocycles. The Hall–Kier alpha value is -1.97. The van der Waals surface area contributed by atoms with Crippen molar-refractivity contribution >= 4 is 16.9 Å². The van der Waals surface area contributed by atoms with Crippen molar-refractivity contribution in [2.24, 2.45) is 0 Å². The molecule has 0 aliphatic rings. The first-order valence-electron chi connectivity index (χ1n) is 5.86. The Kier molecular flexibility index (Phi) is 3.03. The number of aromatic amines is 1. The molecule has 2 aromatic rings. The van der Waals surface area contributed by atoms with Gasteiger partial charge in [-0.1, -0.05) is 0 Å². The van der Waals surface area contributed by atoms with E-state index in [2.05, 4.69) is 4.98 Å². The number of rotatable bonds is 2. The summed E-state index contributed by atoms with van der Waals surface area (Å²) in [6.45, 7) is 5.54. The summed E-state index contributed by atoms with van der Waals surface area (Å²) in [6, 6.07) is 5.03. The number of carbonyl (C=O) groups is 1. The third-order valence-corrected chi connectivity index (χ3v) is 2.51. The van der Waals surface area contributed by atoms with Gasteiger partial charge in [0.05, 0.1) is 6.42 Å². The first-order chi connectivity index (χ1) is 8.35. The molecule has 1 aromatic carbocycles. The van der Waals surface area contributed by atoms with Gasteiger partial charge in [-0.2, -0.15) is 0 Å². The van der Waals surface area contributed by atoms with Gasteiger partial charge in [0.15, 0.2) is 0 Å². The maximum absolute atomic E-state index is 11.8. The van der Waals surface area contributed by atoms with E-state index in [1.54, 1.807) is 24.4 Å². The number of aromatic hydroxyl groups is 1. The molecule has 18 heavy (non-hydrogen) atoms. The molecule has 1 heterocycles. The lowest BCUT2D eigenvalue weighted by Crippen LogP contribution is -2.24. The maximum atomic E-state index is 11.8. The van der Waals surface area contributed by atoms with Crippen molar-refractivity contribution in [3.8, 4) is 5.75 Å². The quantitative estimate of drug-likeness (QED) is 0.802. The number of carbonyl (C=O) groups excluding carboxylic acids is 1. The van der Waals surface area contributed by atoms with Gasteiger partial charge in [-0.3, -0.25) is 4.79 Å². The second-order valence-corrected chi connectivity index (χ2v) is 5.31. The van der Waals surface area contributed by atoms with Gasteiger partial charge >= 0.3 is 5.97 Å². The zero-order valence-electron chi connectivity index (χ0n) is 10.8. The van der Waals surface area contributed by atoms with Crippen LogP contribution in [0.3, 0.4) is 0 Å². The minimum Gasteiger partial charge on any atom is -0.508 e. The summed E-state index contributed by atoms with van der Waals surface area (Å²) in [4.78, 5) is 14.8. The Balaban J connectivity index is 2.20. The number of nitrogens with one attached hydrogen (secondary N) is 1. The number of esters is 1. The van der Waals surface area contributed by atoms with E-state index in [1.165, 1.54) is 0 Å². The van der Waals surface area contributed by atoms with E-state index in [4.69, 9.17) is 4.74 Å². The van der Waals surface area contributed by atoms with Crippen molar-refractivity contribution in [1.29, 1.82) is 0 Å². The molecule has 0 fully saturated rings. The molecule has 4 heteroatoms. The van der Waals surface area contributed by atoms with Gasteiger partial charge in [-0.25, -0.2) is 0 Å². The molecule has 2 N–H and O–H groups in total. The molecule has 96 valence electrons. The van der Waals surface area contributed by atoms with Crippen LogP contribution >= 0.6 is 0 Å². The van der Waals surface area contributed by atoms with E-state index in [-0.39, 0.29) is 18.1 Å². The number of phenols is 1. The topological polar surface area (TPSA) is 62.3 Å². The lowest BCUT2D eigenvalue weighted by atomic mass is 10.1. The zero-order chi connectivity index (χ0) is 13.3. The van der Waals surface area contributed by atoms with E-state index >= 15 is 0 Å². The predicted molar refractivity (Wildman–Crippen MR) is 69.5 cm³/mol. The summed E-state index contributed by atoms with van der Waals surface area (Å²) in [5.41, 5.74) is 1.22. The minimum atomic E-state index is -0.471. The summed E-state index contributed by atoms with van der Waals surface area (Å²) < 4.78 is 5.28. The first kappa shape index (κ1) is 12.5. The number of H-pyrrole nitrogens is 1. The fourth-order valence-electron chi connectivity index (χ4n) is 1.85. The predicted octanol–water partition coefficient (Wildman–Crippen LogP) is 2.76. The summed E-state index contributed by atoms with van der Waals surface area (Å²) in [5.74, 6) is -0.0513. The number of fused-ring (bicyclic) bond motifs is 1. The van der Waals surface area contributed by atoms with Gasteiger partial charge in [-0.15, -0.1) is 0 Å². The lowest BCUT2D eigenvalue weighted by Gasteiger charge is -2.19. The van der Waals surface area contributed by atoms with Gasteiger partial charge < -0.3 is 14.8 Å². The lowest BCUT2D eigenvalue weighted by molar-refractivity contribution is -0.153. The van der Waals surface area contributed by atoms with Crippen LogP contribution in [0, 0.1) is 0 Å². The molecule has 1 aromatic heterocycles. The van der Waals surface area contributed by atoms with Crippen molar-refractivity contribution < 1.29 is 14.6 Å². The van der Waals surface area contributed by atoms with Crippen LogP contribution in [0.1, 0.15) is 26.3 Å². The fraction of sp³-hybridized carbons (Fsp3) is 0.357. The number of hydrogen-bond donors (Lipinski definition) is 2. The summed E-state index contributed by atoms with van der Waals surface area (Å²) in [7, 11) is 0. The van der Waals surface area contributed by atoms with Crippen LogP contribution in [0.25, 0.3) is 10.9 Å². The fourth-order valence-corrected chi connectivity index (χ4v) is 1.85. The molecule has 0 aliphatic carbocycles. The Morgan fingerprint density at radius 3 is 2.78 bits per heavy atom. The van der Waals surface area contributed by atoms with E-state index in [1.807, 2.05) is 20.8 Å². The van der Waals surface area contributed by atoms with Gasteiger partial charge in [0, 0.05) is 23.2 Å². The molecule has 0 aliphatic heterocycles. The van der Waals surface area contributed by atoms with Crippen molar-refractivity contribution in [3.63, 3.8) is 0 Å². The highest BCUT2D eigenvalue weighted by atomic mass is 16.6. The number of aromatic nitrogens is 1. The van der Waals surface area contributed by atoms with Crippen LogP contribution in [0.2, 0.25) is 0 Å². The van der Waals surface area contributed by atoms with E-state index in [9.17, 15) is 9.90 Å². The average molecular weight is 247 g/mol. The van der Waals surface area contributed by atoms with Gasteiger partial charge in [0.1, 0.15) is 11.4 Å². The monoisotopic (exact) mass is 247 g/mol. The second-order valence-electron chi connectivity index (χ2n) is 5.31. The number of phenolic OH excluding ortho intramolecular Hbond substituents is 1. The molecule has 0 atom stereocenters. The molecule has 0 amide bonds. The normalized spacial score (nSPS) is 11.7. The molecule has 0 unspecified atom stereocenters. The Labute approximate surface area is 106 Å². The van der Waals surface area contributed by atoms with E-state index in [0.29, 0.717) is 0 Å². The highest BCUT2D eigenvalue weighted by Crippen LogP contribution is 2.23. The Morgan fingerprint density at radius 2 is 2.11 bits per heavy atom. The SMILES string of the molecule is CC(C)(C)OC(=O)Cc1c[nH]c2cc(O)ccc12. The van der Waals surface area contributed by atoms with Crippen molar-refractivity contribution in [1.82, 2.24) is 4.98 Å². The number of hydrogen-bond acceptors (Lipinski definition) is 3. The maximum Gasteiger partial charge on any atom is 0.310 e. The van der Waals surface area contributed by atoms with Crippen molar-refractivity contribution in [2.75, 3.05) is 0 Å². The van der Waals surface area contributed by atoms with Crippen LogP contribution in [0.15, 0.2) is 24.4 Å². The van der Waals surface area contributed by atoms with Gasteiger partial charge in [0.25, 0.3) is 0 Å². The number of ether oxygens (including phenoxy) is 1. The molecule has 0 radical (unpaired) electrons. The zero-order valence-corrected chi connectivity index (χ0v) is 10.8. The molecule has 0 bridgehead atoms. The Bertz CT molecular complexity index is 578. The van der Waals surface area contributed by atoms with E-state index < -0.39 is 5.60 Å². The largest absolute Gasteiger partial charge is 0.508 e. The van der Waals surface area contributed by atoms with E-state index in [0.717, 1.165) is 16.5 Å². The molecule has 0 saturated heterocycles. The summed E-state index contributed by atoms with van der Waals surface area (Å²) in [6.07, 6.45) is 2.00. The molecular formula is C14H17NO3. The standard InChI is InChI=1S/C14H17NO3/c1-14(2,3)18-13(17)6-9-8-15-12-7-10(16)4-5-11(9)12/h4-5,7-8,15-16H,6H2,1-3H3. The Morgan fingerprint density at radius 1 is 1.39 bits per heavy atom. The van der Waals surface area contributed by atoms with Gasteiger partial charge in [-0.05, 0) is 38.5 Å². The second kappa shape index (κ2) is 4.37. The third kappa shape index (κ3) is 2.83. The molecule has 4 nitrogen and oxygen atoms in total. The number of benzene rings is 1. The van der Waals surface area contributed by atoms with Gasteiger partial charge in [0.2, 0.25) is 0 Å². The average Bonchev–Trinajstić information content (AvgIpc) is 2.57. The summed E-state index contributed by atoms with van der Waals surface area (Å²) >= 11 is 0. The van der Waals surface area contributed by atoms with Crippen LogP contribution in [0.4, 0.5) is 0 Å². The third-order valence-electron chi connectivity index (χ3n) is 2.51. The van der Waals surface area contributed by atoms with Crippen LogP contribution < -0.4 is 0 Å². The van der Waals surface area contributed by atoms with Crippen molar-refractivity contribution in [2.45, 2.75) is 32.8 Å². The molecule has 2 rings (SSSR count).